The van der Waals surface area contributed by atoms with E-state index in [1.807, 2.05) is 61.9 Å². The van der Waals surface area contributed by atoms with Crippen molar-refractivity contribution in [3.05, 3.63) is 93.8 Å². The Kier molecular flexibility index (Phi) is 12.0. The van der Waals surface area contributed by atoms with Gasteiger partial charge in [0.25, 0.3) is 5.91 Å². The number of hydrogen-bond donors (Lipinski definition) is 2. The maximum Gasteiger partial charge on any atom is 0.306 e. The highest BCUT2D eigenvalue weighted by Gasteiger charge is 2.30. The predicted molar refractivity (Wildman–Crippen MR) is 218 cm³/mol. The zero-order valence-electron chi connectivity index (χ0n) is 33.4. The van der Waals surface area contributed by atoms with E-state index in [1.165, 1.54) is 25.3 Å². The summed E-state index contributed by atoms with van der Waals surface area (Å²) in [4.78, 5) is 39.3. The number of amides is 1. The summed E-state index contributed by atoms with van der Waals surface area (Å²) in [5.41, 5.74) is 8.32. The summed E-state index contributed by atoms with van der Waals surface area (Å²) in [5, 5.41) is 12.5. The maximum absolute atomic E-state index is 15.9. The minimum atomic E-state index is -0.675. The van der Waals surface area contributed by atoms with E-state index in [4.69, 9.17) is 9.72 Å². The maximum atomic E-state index is 15.9. The Morgan fingerprint density at radius 2 is 1.77 bits per heavy atom. The number of piperidine rings is 1. The van der Waals surface area contributed by atoms with E-state index < -0.39 is 11.8 Å². The summed E-state index contributed by atoms with van der Waals surface area (Å²) in [5.74, 6) is -0.0919. The molecule has 0 radical (unpaired) electrons. The molecule has 2 aromatic heterocycles. The zero-order chi connectivity index (χ0) is 39.5. The van der Waals surface area contributed by atoms with Crippen molar-refractivity contribution in [2.75, 3.05) is 32.1 Å². The fraction of sp³-hybridized carbons (Fsp3) is 0.467. The van der Waals surface area contributed by atoms with Crippen LogP contribution in [0.4, 0.5) is 10.1 Å². The number of pyridine rings is 1. The standard InChI is InChI=1S/C45H55FN6O4/c1-28-10-6-7-20-52(28)26-34-24-47-39(23-42(34)56-5)37(46)22-33-11-8-12-35(29(33)2)36-13-9-14-38(30(36)3)49-44(53)43-48-40-27-51(21-19-41(40)50(43)4)25-31-15-17-32(18-16-31)45(54)55/h8-9,11-14,22-24,28,31-32H,6-7,10,15-21,25-27H2,1-5H3,(H,49,53)(H,54,55)/b37-22-/t28-,31?,32?/m1/s1. The third-order valence-corrected chi connectivity index (χ3v) is 12.5. The number of carbonyl (C=O) groups excluding carboxylic acids is 1. The molecule has 1 atom stereocenters. The van der Waals surface area contributed by atoms with Gasteiger partial charge in [-0.15, -0.1) is 0 Å². The number of carboxylic acid groups (broad SMARTS) is 1. The second-order valence-corrected chi connectivity index (χ2v) is 16.1. The number of ether oxygens (including phenoxy) is 1. The van der Waals surface area contributed by atoms with Gasteiger partial charge in [-0.25, -0.2) is 9.37 Å². The molecule has 2 aliphatic heterocycles. The number of nitrogens with zero attached hydrogens (tertiary/aromatic N) is 5. The molecule has 11 heteroatoms. The molecule has 1 saturated carbocycles. The Bertz CT molecular complexity index is 2120. The molecule has 4 heterocycles. The van der Waals surface area contributed by atoms with Crippen LogP contribution in [0.3, 0.4) is 0 Å². The van der Waals surface area contributed by atoms with Crippen LogP contribution in [-0.4, -0.2) is 74.1 Å². The van der Waals surface area contributed by atoms with Crippen molar-refractivity contribution in [3.63, 3.8) is 0 Å². The molecular weight excluding hydrogens is 708 g/mol. The van der Waals surface area contributed by atoms with Crippen molar-refractivity contribution in [3.8, 4) is 16.9 Å². The third-order valence-electron chi connectivity index (χ3n) is 12.5. The zero-order valence-corrected chi connectivity index (χ0v) is 33.4. The van der Waals surface area contributed by atoms with E-state index in [-0.39, 0.29) is 17.5 Å². The monoisotopic (exact) mass is 762 g/mol. The number of anilines is 1. The van der Waals surface area contributed by atoms with Crippen LogP contribution in [0.25, 0.3) is 23.0 Å². The molecule has 0 bridgehead atoms. The first-order valence-corrected chi connectivity index (χ1v) is 20.2. The van der Waals surface area contributed by atoms with E-state index in [9.17, 15) is 14.7 Å². The number of halogens is 1. The number of fused-ring (bicyclic) bond motifs is 1. The van der Waals surface area contributed by atoms with Crippen LogP contribution in [0.1, 0.15) is 102 Å². The molecule has 7 rings (SSSR count). The molecule has 3 aliphatic rings. The first-order valence-electron chi connectivity index (χ1n) is 20.2. The topological polar surface area (TPSA) is 113 Å². The van der Waals surface area contributed by atoms with E-state index in [2.05, 4.69) is 27.0 Å². The molecule has 1 amide bonds. The molecule has 4 aromatic rings. The number of aromatic nitrogens is 3. The summed E-state index contributed by atoms with van der Waals surface area (Å²) in [6.45, 7) is 10.5. The average Bonchev–Trinajstić information content (AvgIpc) is 3.53. The largest absolute Gasteiger partial charge is 0.496 e. The molecule has 10 nitrogen and oxygen atoms in total. The van der Waals surface area contributed by atoms with Crippen LogP contribution < -0.4 is 10.1 Å². The van der Waals surface area contributed by atoms with E-state index >= 15 is 4.39 Å². The van der Waals surface area contributed by atoms with Gasteiger partial charge in [0.05, 0.1) is 18.7 Å². The molecular formula is C45H55FN6O4. The molecule has 0 unspecified atom stereocenters. The van der Waals surface area contributed by atoms with Crippen LogP contribution in [0, 0.1) is 25.7 Å². The molecule has 1 saturated heterocycles. The molecule has 1 aliphatic carbocycles. The van der Waals surface area contributed by atoms with Crippen LogP contribution >= 0.6 is 0 Å². The summed E-state index contributed by atoms with van der Waals surface area (Å²) in [7, 11) is 3.53. The molecule has 2 N–H and O–H groups in total. The minimum Gasteiger partial charge on any atom is -0.496 e. The first-order chi connectivity index (χ1) is 27.0. The summed E-state index contributed by atoms with van der Waals surface area (Å²) in [6.07, 6.45) is 11.1. The predicted octanol–water partition coefficient (Wildman–Crippen LogP) is 8.45. The number of hydrogen-bond acceptors (Lipinski definition) is 7. The number of carboxylic acids is 1. The third kappa shape index (κ3) is 8.44. The van der Waals surface area contributed by atoms with Gasteiger partial charge in [-0.2, -0.15) is 0 Å². The number of carbonyl (C=O) groups is 2. The van der Waals surface area contributed by atoms with Crippen LogP contribution in [0.2, 0.25) is 0 Å². The van der Waals surface area contributed by atoms with E-state index in [0.717, 1.165) is 103 Å². The number of methoxy groups -OCH3 is 1. The Balaban J connectivity index is 1.04. The molecule has 2 fully saturated rings. The van der Waals surface area contributed by atoms with Crippen molar-refractivity contribution in [1.82, 2.24) is 24.3 Å². The number of likely N-dealkylation sites (tertiary alicyclic amines) is 1. The minimum absolute atomic E-state index is 0.211. The van der Waals surface area contributed by atoms with E-state index in [1.54, 1.807) is 19.4 Å². The van der Waals surface area contributed by atoms with Gasteiger partial charge in [0.1, 0.15) is 17.3 Å². The number of rotatable bonds is 11. The molecule has 0 spiro atoms. The highest BCUT2D eigenvalue weighted by molar-refractivity contribution is 6.03. The molecule has 56 heavy (non-hydrogen) atoms. The van der Waals surface area contributed by atoms with Gasteiger partial charge in [0, 0.05) is 74.9 Å². The quantitative estimate of drug-likeness (QED) is 0.157. The fourth-order valence-corrected chi connectivity index (χ4v) is 8.97. The van der Waals surface area contributed by atoms with Gasteiger partial charge < -0.3 is 19.7 Å². The Morgan fingerprint density at radius 3 is 2.50 bits per heavy atom. The summed E-state index contributed by atoms with van der Waals surface area (Å²) < 4.78 is 23.5. The highest BCUT2D eigenvalue weighted by atomic mass is 19.1. The van der Waals surface area contributed by atoms with Crippen molar-refractivity contribution in [2.24, 2.45) is 18.9 Å². The van der Waals surface area contributed by atoms with Gasteiger partial charge in [-0.1, -0.05) is 36.8 Å². The number of benzene rings is 2. The van der Waals surface area contributed by atoms with Gasteiger partial charge in [-0.05, 0) is 112 Å². The van der Waals surface area contributed by atoms with Crippen molar-refractivity contribution in [1.29, 1.82) is 0 Å². The van der Waals surface area contributed by atoms with Crippen LogP contribution in [-0.2, 0) is 31.4 Å². The smallest absolute Gasteiger partial charge is 0.306 e. The molecule has 2 aromatic carbocycles. The van der Waals surface area contributed by atoms with Crippen molar-refractivity contribution in [2.45, 2.75) is 91.3 Å². The summed E-state index contributed by atoms with van der Waals surface area (Å²) in [6, 6.07) is 13.9. The number of imidazole rings is 1. The lowest BCUT2D eigenvalue weighted by Gasteiger charge is -2.33. The van der Waals surface area contributed by atoms with Gasteiger partial charge in [0.15, 0.2) is 5.82 Å². The van der Waals surface area contributed by atoms with Crippen LogP contribution in [0.5, 0.6) is 5.75 Å². The first kappa shape index (κ1) is 39.4. The van der Waals surface area contributed by atoms with Gasteiger partial charge in [-0.3, -0.25) is 24.4 Å². The SMILES string of the molecule is COc1cc(/C(F)=C/c2cccc(-c3cccc(NC(=O)c4nc5c(n4C)CCN(CC4CCC(C(=O)O)CC4)C5)c3C)c2C)ncc1CN1CCCC[C@H]1C. The average molecular weight is 763 g/mol. The number of nitrogens with one attached hydrogen (secondary N) is 1. The van der Waals surface area contributed by atoms with Crippen molar-refractivity contribution < 1.29 is 23.8 Å². The highest BCUT2D eigenvalue weighted by Crippen LogP contribution is 2.35. The Morgan fingerprint density at radius 1 is 1.02 bits per heavy atom. The van der Waals surface area contributed by atoms with E-state index in [0.29, 0.717) is 35.8 Å². The molecule has 296 valence electrons. The van der Waals surface area contributed by atoms with Crippen LogP contribution in [0.15, 0.2) is 48.7 Å². The number of aliphatic carboxylic acids is 1. The second-order valence-electron chi connectivity index (χ2n) is 16.1. The fourth-order valence-electron chi connectivity index (χ4n) is 8.97. The normalized spacial score (nSPS) is 20.8. The van der Waals surface area contributed by atoms with Crippen molar-refractivity contribution >= 4 is 29.5 Å². The lowest BCUT2D eigenvalue weighted by atomic mass is 9.81. The Labute approximate surface area is 329 Å². The lowest BCUT2D eigenvalue weighted by Crippen LogP contribution is -2.36. The lowest BCUT2D eigenvalue weighted by molar-refractivity contribution is -0.143. The second kappa shape index (κ2) is 17.1. The van der Waals surface area contributed by atoms with Gasteiger partial charge in [0.2, 0.25) is 0 Å². The summed E-state index contributed by atoms with van der Waals surface area (Å²) >= 11 is 0. The Hall–Kier alpha value is -4.87. The van der Waals surface area contributed by atoms with Gasteiger partial charge >= 0.3 is 5.97 Å².